The number of para-hydroxylation sites is 1. The van der Waals surface area contributed by atoms with Crippen LogP contribution in [0.3, 0.4) is 0 Å². The van der Waals surface area contributed by atoms with Gasteiger partial charge in [0, 0.05) is 24.1 Å². The Bertz CT molecular complexity index is 781. The fraction of sp³-hybridized carbons (Fsp3) is 0.222. The molecule has 0 spiro atoms. The topological polar surface area (TPSA) is 40.6 Å². The number of benzene rings is 2. The van der Waals surface area contributed by atoms with Crippen LogP contribution in [0.5, 0.6) is 0 Å². The normalized spacial score (nSPS) is 13.6. The number of carbonyl (C=O) groups is 2. The summed E-state index contributed by atoms with van der Waals surface area (Å²) in [4.78, 5) is 28.6. The van der Waals surface area contributed by atoms with Crippen LogP contribution in [0.2, 0.25) is 0 Å². The van der Waals surface area contributed by atoms with Gasteiger partial charge in [0.2, 0.25) is 11.8 Å². The highest BCUT2D eigenvalue weighted by molar-refractivity contribution is 8.00. The molecule has 0 saturated carbocycles. The first-order chi connectivity index (χ1) is 11.6. The number of hydrogen-bond donors (Lipinski definition) is 0. The Morgan fingerprint density at radius 1 is 1.21 bits per heavy atom. The van der Waals surface area contributed by atoms with Gasteiger partial charge in [-0.25, -0.2) is 4.39 Å². The van der Waals surface area contributed by atoms with Crippen LogP contribution in [0.15, 0.2) is 53.4 Å². The molecule has 1 aliphatic rings. The average molecular weight is 344 g/mol. The highest BCUT2D eigenvalue weighted by atomic mass is 32.2. The van der Waals surface area contributed by atoms with E-state index in [1.807, 2.05) is 24.3 Å². The third kappa shape index (κ3) is 3.43. The average Bonchev–Trinajstić information content (AvgIpc) is 2.59. The number of anilines is 1. The molecule has 2 aromatic rings. The summed E-state index contributed by atoms with van der Waals surface area (Å²) >= 11 is 1.47. The van der Waals surface area contributed by atoms with Crippen molar-refractivity contribution in [2.45, 2.75) is 11.4 Å². The smallest absolute Gasteiger partial charge is 0.242 e. The molecule has 0 atom stereocenters. The number of halogens is 1. The number of thioether (sulfide) groups is 1. The molecule has 0 N–H and O–H groups in total. The molecule has 2 aromatic carbocycles. The molecule has 1 heterocycles. The van der Waals surface area contributed by atoms with E-state index in [0.717, 1.165) is 10.6 Å². The van der Waals surface area contributed by atoms with E-state index in [1.54, 1.807) is 25.2 Å². The first kappa shape index (κ1) is 16.5. The molecule has 0 aliphatic carbocycles. The molecule has 2 amide bonds. The van der Waals surface area contributed by atoms with Gasteiger partial charge in [0.05, 0.1) is 11.4 Å². The van der Waals surface area contributed by atoms with E-state index in [-0.39, 0.29) is 30.7 Å². The summed E-state index contributed by atoms with van der Waals surface area (Å²) in [6, 6.07) is 13.9. The van der Waals surface area contributed by atoms with Crippen molar-refractivity contribution < 1.29 is 14.0 Å². The Hall–Kier alpha value is -2.34. The van der Waals surface area contributed by atoms with Crippen molar-refractivity contribution in [2.75, 3.05) is 24.2 Å². The van der Waals surface area contributed by atoms with Crippen molar-refractivity contribution in [3.8, 4) is 0 Å². The zero-order chi connectivity index (χ0) is 17.1. The lowest BCUT2D eigenvalue weighted by atomic mass is 10.2. The van der Waals surface area contributed by atoms with Crippen molar-refractivity contribution in [1.82, 2.24) is 4.90 Å². The van der Waals surface area contributed by atoms with Gasteiger partial charge in [-0.3, -0.25) is 9.59 Å². The van der Waals surface area contributed by atoms with E-state index in [4.69, 9.17) is 0 Å². The second-order valence-electron chi connectivity index (χ2n) is 5.58. The van der Waals surface area contributed by atoms with Crippen LogP contribution >= 0.6 is 11.8 Å². The fourth-order valence-corrected chi connectivity index (χ4v) is 3.49. The Morgan fingerprint density at radius 3 is 2.71 bits per heavy atom. The fourth-order valence-electron chi connectivity index (χ4n) is 2.55. The predicted molar refractivity (Wildman–Crippen MR) is 92.4 cm³/mol. The molecule has 4 nitrogen and oxygen atoms in total. The SMILES string of the molecule is CN(Cc1ccccc1F)C(=O)CN1C(=O)CSc2ccccc21. The Morgan fingerprint density at radius 2 is 1.92 bits per heavy atom. The van der Waals surface area contributed by atoms with Crippen LogP contribution in [0.25, 0.3) is 0 Å². The van der Waals surface area contributed by atoms with Gasteiger partial charge in [0.15, 0.2) is 0 Å². The highest BCUT2D eigenvalue weighted by Crippen LogP contribution is 2.34. The molecule has 124 valence electrons. The third-order valence-corrected chi connectivity index (χ3v) is 4.94. The zero-order valence-corrected chi connectivity index (χ0v) is 14.1. The first-order valence-electron chi connectivity index (χ1n) is 7.56. The van der Waals surface area contributed by atoms with Gasteiger partial charge in [0.25, 0.3) is 0 Å². The van der Waals surface area contributed by atoms with Crippen molar-refractivity contribution in [3.63, 3.8) is 0 Å². The van der Waals surface area contributed by atoms with Crippen LogP contribution in [-0.4, -0.2) is 36.1 Å². The number of carbonyl (C=O) groups excluding carboxylic acids is 2. The van der Waals surface area contributed by atoms with Gasteiger partial charge in [0.1, 0.15) is 12.4 Å². The van der Waals surface area contributed by atoms with E-state index in [0.29, 0.717) is 11.3 Å². The third-order valence-electron chi connectivity index (χ3n) is 3.89. The summed E-state index contributed by atoms with van der Waals surface area (Å²) in [6.07, 6.45) is 0. The van der Waals surface area contributed by atoms with Crippen LogP contribution in [0, 0.1) is 5.82 Å². The molecule has 0 aromatic heterocycles. The molecule has 0 radical (unpaired) electrons. The molecule has 0 fully saturated rings. The maximum absolute atomic E-state index is 13.7. The lowest BCUT2D eigenvalue weighted by Gasteiger charge is -2.30. The van der Waals surface area contributed by atoms with Gasteiger partial charge < -0.3 is 9.80 Å². The molecule has 0 bridgehead atoms. The zero-order valence-electron chi connectivity index (χ0n) is 13.2. The van der Waals surface area contributed by atoms with Crippen molar-refractivity contribution in [2.24, 2.45) is 0 Å². The minimum atomic E-state index is -0.340. The second kappa shape index (κ2) is 7.05. The summed E-state index contributed by atoms with van der Waals surface area (Å²) in [5, 5.41) is 0. The number of nitrogens with zero attached hydrogens (tertiary/aromatic N) is 2. The van der Waals surface area contributed by atoms with Crippen LogP contribution in [0.4, 0.5) is 10.1 Å². The Balaban J connectivity index is 1.72. The van der Waals surface area contributed by atoms with E-state index in [2.05, 4.69) is 0 Å². The number of amides is 2. The molecule has 0 unspecified atom stereocenters. The maximum Gasteiger partial charge on any atom is 0.242 e. The Labute approximate surface area is 144 Å². The quantitative estimate of drug-likeness (QED) is 0.856. The predicted octanol–water partition coefficient (Wildman–Crippen LogP) is 2.92. The van der Waals surface area contributed by atoms with Crippen molar-refractivity contribution in [3.05, 3.63) is 59.9 Å². The minimum absolute atomic E-state index is 0.0403. The standard InChI is InChI=1S/C18H17FN2O2S/c1-20(10-13-6-2-3-7-14(13)19)17(22)11-21-15-8-4-5-9-16(15)24-12-18(21)23/h2-9H,10-12H2,1H3. The molecular weight excluding hydrogens is 327 g/mol. The number of rotatable bonds is 4. The minimum Gasteiger partial charge on any atom is -0.340 e. The number of hydrogen-bond acceptors (Lipinski definition) is 3. The lowest BCUT2D eigenvalue weighted by molar-refractivity contribution is -0.130. The second-order valence-corrected chi connectivity index (χ2v) is 6.59. The van der Waals surface area contributed by atoms with Gasteiger partial charge >= 0.3 is 0 Å². The highest BCUT2D eigenvalue weighted by Gasteiger charge is 2.27. The van der Waals surface area contributed by atoms with E-state index >= 15 is 0 Å². The van der Waals surface area contributed by atoms with E-state index < -0.39 is 0 Å². The van der Waals surface area contributed by atoms with Crippen molar-refractivity contribution >= 4 is 29.3 Å². The monoisotopic (exact) mass is 344 g/mol. The van der Waals surface area contributed by atoms with Crippen LogP contribution in [-0.2, 0) is 16.1 Å². The molecule has 0 saturated heterocycles. The van der Waals surface area contributed by atoms with Crippen LogP contribution in [0.1, 0.15) is 5.56 Å². The number of fused-ring (bicyclic) bond motifs is 1. The number of likely N-dealkylation sites (N-methyl/N-ethyl adjacent to an activating group) is 1. The summed E-state index contributed by atoms with van der Waals surface area (Å²) < 4.78 is 13.7. The van der Waals surface area contributed by atoms with Gasteiger partial charge in [-0.2, -0.15) is 0 Å². The Kier molecular flexibility index (Phi) is 4.85. The molecule has 24 heavy (non-hydrogen) atoms. The molecule has 3 rings (SSSR count). The van der Waals surface area contributed by atoms with Crippen molar-refractivity contribution in [1.29, 1.82) is 0 Å². The largest absolute Gasteiger partial charge is 0.340 e. The maximum atomic E-state index is 13.7. The van der Waals surface area contributed by atoms with Gasteiger partial charge in [-0.15, -0.1) is 11.8 Å². The summed E-state index contributed by atoms with van der Waals surface area (Å²) in [6.45, 7) is 0.130. The molecule has 6 heteroatoms. The molecule has 1 aliphatic heterocycles. The summed E-state index contributed by atoms with van der Waals surface area (Å²) in [5.41, 5.74) is 1.21. The van der Waals surface area contributed by atoms with Gasteiger partial charge in [-0.1, -0.05) is 30.3 Å². The van der Waals surface area contributed by atoms with E-state index in [9.17, 15) is 14.0 Å². The summed E-state index contributed by atoms with van der Waals surface area (Å²) in [7, 11) is 1.61. The lowest BCUT2D eigenvalue weighted by Crippen LogP contribution is -2.43. The van der Waals surface area contributed by atoms with E-state index in [1.165, 1.54) is 27.6 Å². The van der Waals surface area contributed by atoms with Gasteiger partial charge in [-0.05, 0) is 18.2 Å². The first-order valence-corrected chi connectivity index (χ1v) is 8.54. The molecular formula is C18H17FN2O2S. The summed E-state index contributed by atoms with van der Waals surface area (Å²) in [5.74, 6) is -0.339. The van der Waals surface area contributed by atoms with Crippen LogP contribution < -0.4 is 4.90 Å².